The highest BCUT2D eigenvalue weighted by molar-refractivity contribution is 8.00. The maximum atomic E-state index is 12.1. The average Bonchev–Trinajstić information content (AvgIpc) is 2.50. The van der Waals surface area contributed by atoms with Gasteiger partial charge >= 0.3 is 5.97 Å². The fraction of sp³-hybridized carbons (Fsp3) is 0.467. The van der Waals surface area contributed by atoms with Gasteiger partial charge in [0.1, 0.15) is 28.5 Å². The normalized spacial score (nSPS) is 11.6. The Kier molecular flexibility index (Phi) is 7.32. The van der Waals surface area contributed by atoms with E-state index in [0.717, 1.165) is 11.8 Å². The van der Waals surface area contributed by atoms with Gasteiger partial charge in [-0.3, -0.25) is 4.79 Å². The third-order valence-corrected chi connectivity index (χ3v) is 3.99. The Labute approximate surface area is 144 Å². The molecule has 8 nitrogen and oxygen atoms in total. The van der Waals surface area contributed by atoms with E-state index in [1.54, 1.807) is 0 Å². The Bertz CT molecular complexity index is 657. The zero-order valence-corrected chi connectivity index (χ0v) is 14.6. The number of hydrogen-bond donors (Lipinski definition) is 3. The number of aromatic nitrogens is 1. The predicted octanol–water partition coefficient (Wildman–Crippen LogP) is 0.914. The summed E-state index contributed by atoms with van der Waals surface area (Å²) in [6, 6.07) is 2.62. The molecular weight excluding hydrogens is 330 g/mol. The number of nitrogens with two attached hydrogens (primary N) is 2. The van der Waals surface area contributed by atoms with Crippen LogP contribution in [0.4, 0.5) is 11.5 Å². The number of anilines is 2. The Morgan fingerprint density at radius 2 is 2.12 bits per heavy atom. The molecule has 0 saturated carbocycles. The summed E-state index contributed by atoms with van der Waals surface area (Å²) in [4.78, 5) is 27.8. The highest BCUT2D eigenvalue weighted by atomic mass is 32.2. The summed E-state index contributed by atoms with van der Waals surface area (Å²) < 4.78 is 4.70. The van der Waals surface area contributed by atoms with Crippen molar-refractivity contribution in [2.45, 2.75) is 31.3 Å². The van der Waals surface area contributed by atoms with Crippen molar-refractivity contribution in [2.75, 3.05) is 24.3 Å². The topological polar surface area (TPSA) is 144 Å². The lowest BCUT2D eigenvalue weighted by Crippen LogP contribution is -2.43. The number of nitriles is 1. The molecule has 1 atom stereocenters. The van der Waals surface area contributed by atoms with E-state index in [0.29, 0.717) is 6.42 Å². The molecule has 0 aliphatic carbocycles. The molecule has 5 N–H and O–H groups in total. The van der Waals surface area contributed by atoms with Crippen molar-refractivity contribution in [1.82, 2.24) is 10.3 Å². The summed E-state index contributed by atoms with van der Waals surface area (Å²) in [5.41, 5.74) is 11.7. The number of carbonyl (C=O) groups is 2. The second-order valence-corrected chi connectivity index (χ2v) is 6.45. The fourth-order valence-electron chi connectivity index (χ4n) is 1.97. The van der Waals surface area contributed by atoms with Crippen LogP contribution in [0.25, 0.3) is 0 Å². The Morgan fingerprint density at radius 3 is 2.67 bits per heavy atom. The van der Waals surface area contributed by atoms with Crippen molar-refractivity contribution in [3.63, 3.8) is 0 Å². The van der Waals surface area contributed by atoms with Crippen LogP contribution < -0.4 is 16.8 Å². The van der Waals surface area contributed by atoms with Crippen molar-refractivity contribution < 1.29 is 14.3 Å². The Balaban J connectivity index is 2.75. The van der Waals surface area contributed by atoms with Crippen molar-refractivity contribution in [1.29, 1.82) is 5.26 Å². The van der Waals surface area contributed by atoms with E-state index in [2.05, 4.69) is 10.3 Å². The standard InChI is InChI=1S/C15H21N5O3S/c1-8(2)4-11(15(22)23-3)19-13(21)7-24-14-9(6-16)10(17)5-12(18)20-14/h5,8,11H,4,7H2,1-3H3,(H,19,21)(H4,17,18,20)/t11-/m0/s1. The molecule has 0 fully saturated rings. The molecule has 0 radical (unpaired) electrons. The molecule has 1 rings (SSSR count). The zero-order valence-electron chi connectivity index (χ0n) is 13.8. The summed E-state index contributed by atoms with van der Waals surface area (Å²) in [5, 5.41) is 12.0. The number of esters is 1. The van der Waals surface area contributed by atoms with Gasteiger partial charge in [0, 0.05) is 6.07 Å². The molecule has 1 heterocycles. The van der Waals surface area contributed by atoms with Crippen LogP contribution in [0.15, 0.2) is 11.1 Å². The van der Waals surface area contributed by atoms with Crippen LogP contribution in [0.5, 0.6) is 0 Å². The van der Waals surface area contributed by atoms with Crippen LogP contribution >= 0.6 is 11.8 Å². The fourth-order valence-corrected chi connectivity index (χ4v) is 2.80. The van der Waals surface area contributed by atoms with Gasteiger partial charge in [-0.05, 0) is 12.3 Å². The first kappa shape index (κ1) is 19.6. The quantitative estimate of drug-likeness (QED) is 0.486. The third-order valence-electron chi connectivity index (χ3n) is 3.02. The minimum atomic E-state index is -0.711. The molecule has 1 aromatic heterocycles. The zero-order chi connectivity index (χ0) is 18.3. The van der Waals surface area contributed by atoms with Crippen LogP contribution in [-0.2, 0) is 14.3 Å². The minimum Gasteiger partial charge on any atom is -0.467 e. The van der Waals surface area contributed by atoms with Gasteiger partial charge < -0.3 is 21.5 Å². The lowest BCUT2D eigenvalue weighted by molar-refractivity contribution is -0.145. The van der Waals surface area contributed by atoms with E-state index in [9.17, 15) is 9.59 Å². The van der Waals surface area contributed by atoms with Crippen LogP contribution in [-0.4, -0.2) is 35.8 Å². The predicted molar refractivity (Wildman–Crippen MR) is 91.9 cm³/mol. The number of pyridine rings is 1. The molecule has 0 aliphatic heterocycles. The minimum absolute atomic E-state index is 0.0316. The average molecular weight is 351 g/mol. The summed E-state index contributed by atoms with van der Waals surface area (Å²) in [6.07, 6.45) is 0.468. The number of nitrogen functional groups attached to an aromatic ring is 2. The van der Waals surface area contributed by atoms with E-state index in [1.807, 2.05) is 19.9 Å². The molecule has 1 aromatic rings. The smallest absolute Gasteiger partial charge is 0.328 e. The van der Waals surface area contributed by atoms with Gasteiger partial charge in [0.25, 0.3) is 0 Å². The number of rotatable bonds is 7. The number of nitrogens with one attached hydrogen (secondary N) is 1. The number of carbonyl (C=O) groups excluding carboxylic acids is 2. The van der Waals surface area contributed by atoms with Gasteiger partial charge in [0.2, 0.25) is 5.91 Å². The highest BCUT2D eigenvalue weighted by Gasteiger charge is 2.23. The number of amides is 1. The van der Waals surface area contributed by atoms with Gasteiger partial charge in [0.15, 0.2) is 0 Å². The lowest BCUT2D eigenvalue weighted by atomic mass is 10.0. The van der Waals surface area contributed by atoms with E-state index in [-0.39, 0.29) is 39.7 Å². The van der Waals surface area contributed by atoms with Crippen molar-refractivity contribution >= 4 is 35.1 Å². The lowest BCUT2D eigenvalue weighted by Gasteiger charge is -2.18. The molecule has 0 spiro atoms. The van der Waals surface area contributed by atoms with Crippen molar-refractivity contribution in [2.24, 2.45) is 5.92 Å². The van der Waals surface area contributed by atoms with Crippen LogP contribution in [0.2, 0.25) is 0 Å². The van der Waals surface area contributed by atoms with E-state index < -0.39 is 12.0 Å². The first-order chi connectivity index (χ1) is 11.3. The summed E-state index contributed by atoms with van der Waals surface area (Å²) in [6.45, 7) is 3.88. The Morgan fingerprint density at radius 1 is 1.46 bits per heavy atom. The molecular formula is C15H21N5O3S. The molecule has 9 heteroatoms. The van der Waals surface area contributed by atoms with E-state index >= 15 is 0 Å². The van der Waals surface area contributed by atoms with Gasteiger partial charge in [0.05, 0.1) is 18.6 Å². The summed E-state index contributed by atoms with van der Waals surface area (Å²) >= 11 is 1.03. The SMILES string of the molecule is COC(=O)[C@H](CC(C)C)NC(=O)CSc1nc(N)cc(N)c1C#N. The van der Waals surface area contributed by atoms with Gasteiger partial charge in [-0.15, -0.1) is 0 Å². The molecule has 24 heavy (non-hydrogen) atoms. The number of methoxy groups -OCH3 is 1. The van der Waals surface area contributed by atoms with Gasteiger partial charge in [-0.1, -0.05) is 25.6 Å². The number of hydrogen-bond acceptors (Lipinski definition) is 8. The maximum absolute atomic E-state index is 12.1. The van der Waals surface area contributed by atoms with E-state index in [1.165, 1.54) is 13.2 Å². The number of thioether (sulfide) groups is 1. The molecule has 0 unspecified atom stereocenters. The van der Waals surface area contributed by atoms with Crippen molar-refractivity contribution in [3.05, 3.63) is 11.6 Å². The van der Waals surface area contributed by atoms with Gasteiger partial charge in [-0.2, -0.15) is 5.26 Å². The molecule has 0 saturated heterocycles. The van der Waals surface area contributed by atoms with Crippen molar-refractivity contribution in [3.8, 4) is 6.07 Å². The second kappa shape index (κ2) is 8.98. The first-order valence-electron chi connectivity index (χ1n) is 7.24. The maximum Gasteiger partial charge on any atom is 0.328 e. The number of ether oxygens (including phenoxy) is 1. The molecule has 0 aromatic carbocycles. The number of nitrogens with zero attached hydrogens (tertiary/aromatic N) is 2. The second-order valence-electron chi connectivity index (χ2n) is 5.49. The summed E-state index contributed by atoms with van der Waals surface area (Å²) in [5.74, 6) is -0.519. The summed E-state index contributed by atoms with van der Waals surface area (Å²) in [7, 11) is 1.27. The monoisotopic (exact) mass is 351 g/mol. The third kappa shape index (κ3) is 5.62. The molecule has 0 aliphatic rings. The Hall–Kier alpha value is -2.47. The van der Waals surface area contributed by atoms with Crippen LogP contribution in [0, 0.1) is 17.2 Å². The van der Waals surface area contributed by atoms with Crippen LogP contribution in [0.1, 0.15) is 25.8 Å². The highest BCUT2D eigenvalue weighted by Crippen LogP contribution is 2.26. The first-order valence-corrected chi connectivity index (χ1v) is 8.23. The van der Waals surface area contributed by atoms with Crippen LogP contribution in [0.3, 0.4) is 0 Å². The molecule has 1 amide bonds. The van der Waals surface area contributed by atoms with Gasteiger partial charge in [-0.25, -0.2) is 9.78 Å². The molecule has 0 bridgehead atoms. The van der Waals surface area contributed by atoms with E-state index in [4.69, 9.17) is 21.5 Å². The molecule has 130 valence electrons. The largest absolute Gasteiger partial charge is 0.467 e.